The number of aryl methyl sites for hydroxylation is 3. The number of nitrogens with zero attached hydrogens (tertiary/aromatic N) is 24. The van der Waals surface area contributed by atoms with Crippen LogP contribution >= 0.6 is 0 Å². The number of rotatable bonds is 23. The summed E-state index contributed by atoms with van der Waals surface area (Å²) in [6.07, 6.45) is 29.5. The molecule has 0 saturated carbocycles. The maximum Gasteiger partial charge on any atom is 0.257 e. The van der Waals surface area contributed by atoms with Gasteiger partial charge in [0.2, 0.25) is 0 Å². The molecule has 5 saturated heterocycles. The van der Waals surface area contributed by atoms with Gasteiger partial charge in [-0.15, -0.1) is 0 Å². The average molecular weight is 1910 g/mol. The van der Waals surface area contributed by atoms with Crippen molar-refractivity contribution in [3.63, 3.8) is 0 Å². The first-order valence-electron chi connectivity index (χ1n) is 49.6. The summed E-state index contributed by atoms with van der Waals surface area (Å²) in [6.45, 7) is 40.9. The van der Waals surface area contributed by atoms with Crippen LogP contribution in [0.5, 0.6) is 0 Å². The maximum absolute atomic E-state index is 13.4. The zero-order valence-electron chi connectivity index (χ0n) is 83.3. The van der Waals surface area contributed by atoms with Crippen molar-refractivity contribution in [3.8, 4) is 102 Å². The highest BCUT2D eigenvalue weighted by molar-refractivity contribution is 6.02. The summed E-state index contributed by atoms with van der Waals surface area (Å²) in [7, 11) is 2.07. The lowest BCUT2D eigenvalue weighted by Crippen LogP contribution is -2.50. The van der Waals surface area contributed by atoms with Crippen LogP contribution in [0.25, 0.3) is 102 Å². The molecule has 14 aromatic rings. The van der Waals surface area contributed by atoms with E-state index in [4.69, 9.17) is 19.9 Å². The molecule has 0 N–H and O–H groups in total. The fraction of sp³-hybridized carbons (Fsp3) is 0.345. The summed E-state index contributed by atoms with van der Waals surface area (Å²) < 4.78 is 13.3. The standard InChI is InChI=1S/C24H26FN5O.C24H27N5O.C24H28N4.C22H23N5O.C19H25N5O/c1-2-3-12-29-13-15-30(16-14-29)24(31)21-17-27-23(19-4-6-20(25)7-5-19)28-22(21)18-8-10-26-11-9-18;1-17(2)28-12-14-29(15-13-28)24(30)21-16-26-23(20-6-4-18(3)5-7-20)27-22(21)19-8-10-25-11-9-19;1-2-12-27-13-15-28(16-14-27)19-23-17-22(20-6-4-3-5-7-20)18-26-24(23)21-8-10-25-11-9-21;1-16-3-5-18(6-4-16)21-24-15-19(20(25-21)17-7-9-23-10-8-17)22(28)27-13-11-26(2)12-14-27;1-14(2)13-23-8-10-24(11-9-23)19(25)17-12-21-15(3)22-18(17)16-4-6-20-7-5-16/h4-11,17H,2-3,12-16H2,1H3;4-11,16-17H,12-15H2,1-3H3;3-11,17-18H,2,12-16,19H2,1H3;3-10,15H,11-14H2,1-2H3;4-7,12,14H,8-11,13H2,1-3H3. The van der Waals surface area contributed by atoms with Gasteiger partial charge in [-0.2, -0.15) is 0 Å². The number of halogens is 1. The van der Waals surface area contributed by atoms with Crippen LogP contribution in [0.1, 0.15) is 125 Å². The van der Waals surface area contributed by atoms with Gasteiger partial charge in [-0.05, 0) is 176 Å². The van der Waals surface area contributed by atoms with E-state index in [1.54, 1.807) is 86.5 Å². The molecule has 19 rings (SSSR count). The first-order valence-corrected chi connectivity index (χ1v) is 49.6. The number of hydrogen-bond acceptors (Lipinski definition) is 24. The number of hydrogen-bond donors (Lipinski definition) is 0. The molecule has 15 heterocycles. The number of benzene rings is 4. The molecular weight excluding hydrogens is 1780 g/mol. The van der Waals surface area contributed by atoms with Gasteiger partial charge >= 0.3 is 0 Å². The Bertz CT molecular complexity index is 6390. The highest BCUT2D eigenvalue weighted by Crippen LogP contribution is 2.34. The molecule has 0 spiro atoms. The highest BCUT2D eigenvalue weighted by atomic mass is 19.1. The third-order valence-electron chi connectivity index (χ3n) is 26.1. The summed E-state index contributed by atoms with van der Waals surface area (Å²) >= 11 is 0. The van der Waals surface area contributed by atoms with Crippen molar-refractivity contribution in [2.24, 2.45) is 5.92 Å². The van der Waals surface area contributed by atoms with Gasteiger partial charge in [0.25, 0.3) is 23.6 Å². The Kier molecular flexibility index (Phi) is 36.4. The van der Waals surface area contributed by atoms with E-state index < -0.39 is 0 Å². The quantitative estimate of drug-likeness (QED) is 0.0575. The molecule has 0 atom stereocenters. The van der Waals surface area contributed by atoms with Gasteiger partial charge in [-0.25, -0.2) is 44.3 Å². The fourth-order valence-electron chi connectivity index (χ4n) is 17.8. The molecule has 10 aromatic heterocycles. The molecule has 28 nitrogen and oxygen atoms in total. The van der Waals surface area contributed by atoms with E-state index in [1.165, 1.54) is 65.8 Å². The van der Waals surface area contributed by atoms with Gasteiger partial charge in [0.1, 0.15) is 11.6 Å². The fourth-order valence-corrected chi connectivity index (χ4v) is 17.8. The molecule has 5 aliphatic rings. The van der Waals surface area contributed by atoms with Gasteiger partial charge in [0.05, 0.1) is 50.7 Å². The van der Waals surface area contributed by atoms with Gasteiger partial charge in [-0.1, -0.05) is 124 Å². The second kappa shape index (κ2) is 50.7. The third kappa shape index (κ3) is 27.7. The predicted octanol–water partition coefficient (Wildman–Crippen LogP) is 17.1. The van der Waals surface area contributed by atoms with Crippen molar-refractivity contribution in [3.05, 3.63) is 313 Å². The number of pyridine rings is 6. The second-order valence-electron chi connectivity index (χ2n) is 37.2. The Labute approximate surface area is 833 Å². The van der Waals surface area contributed by atoms with Crippen molar-refractivity contribution in [1.29, 1.82) is 0 Å². The van der Waals surface area contributed by atoms with Crippen molar-refractivity contribution in [2.75, 3.05) is 158 Å². The lowest BCUT2D eigenvalue weighted by atomic mass is 10.0. The topological polar surface area (TPSA) is 281 Å². The summed E-state index contributed by atoms with van der Waals surface area (Å²) in [4.78, 5) is 137. The largest absolute Gasteiger partial charge is 0.336 e. The SMILES string of the molecule is CCCCN1CCN(C(=O)c2cnc(-c3ccc(F)cc3)nc2-c2ccncc2)CC1.CCCN1CCN(Cc2cc(-c3ccccc3)cnc2-c2ccncc2)CC1.Cc1ccc(-c2ncc(C(=O)N3CCN(C(C)C)CC3)c(-c3ccncc3)n2)cc1.Cc1ccc(-c2ncc(C(=O)N3CCN(C)CC3)c(-c3ccncc3)n2)cc1.Cc1ncc(C(=O)N2CCN(CC(C)C)CC2)c(-c2ccncc2)n1. The lowest BCUT2D eigenvalue weighted by molar-refractivity contribution is 0.0593. The number of carbonyl (C=O) groups excluding carboxylic acids is 4. The molecule has 4 amide bonds. The molecule has 29 heteroatoms. The number of likely N-dealkylation sites (N-methyl/N-ethyl adjacent to an activating group) is 1. The number of piperazine rings is 5. The van der Waals surface area contributed by atoms with E-state index in [0.29, 0.717) is 125 Å². The number of carbonyl (C=O) groups is 4. The minimum Gasteiger partial charge on any atom is -0.336 e. The van der Waals surface area contributed by atoms with E-state index >= 15 is 0 Å². The summed E-state index contributed by atoms with van der Waals surface area (Å²) in [6, 6.07) is 54.6. The monoisotopic (exact) mass is 1910 g/mol. The van der Waals surface area contributed by atoms with Crippen LogP contribution in [-0.2, 0) is 6.54 Å². The molecule has 0 unspecified atom stereocenters. The molecule has 0 radical (unpaired) electrons. The van der Waals surface area contributed by atoms with Gasteiger partial charge in [-0.3, -0.25) is 68.7 Å². The van der Waals surface area contributed by atoms with E-state index in [0.717, 1.165) is 156 Å². The van der Waals surface area contributed by atoms with Crippen molar-refractivity contribution in [2.45, 2.75) is 94.2 Å². The Hall–Kier alpha value is -14.3. The van der Waals surface area contributed by atoms with Crippen LogP contribution in [0.3, 0.4) is 0 Å². The van der Waals surface area contributed by atoms with Crippen LogP contribution in [0.4, 0.5) is 4.39 Å². The molecule has 0 bridgehead atoms. The first kappa shape index (κ1) is 102. The van der Waals surface area contributed by atoms with E-state index in [2.05, 4.69) is 164 Å². The van der Waals surface area contributed by atoms with Crippen LogP contribution in [-0.4, -0.2) is 306 Å². The zero-order valence-corrected chi connectivity index (χ0v) is 83.3. The molecule has 142 heavy (non-hydrogen) atoms. The van der Waals surface area contributed by atoms with Crippen LogP contribution in [0, 0.1) is 32.5 Å². The minimum atomic E-state index is -0.317. The molecule has 732 valence electrons. The Morgan fingerprint density at radius 3 is 1.06 bits per heavy atom. The van der Waals surface area contributed by atoms with Gasteiger partial charge in [0.15, 0.2) is 17.5 Å². The summed E-state index contributed by atoms with van der Waals surface area (Å²) in [5.41, 5.74) is 18.9. The lowest BCUT2D eigenvalue weighted by Gasteiger charge is -2.37. The van der Waals surface area contributed by atoms with Crippen molar-refractivity contribution < 1.29 is 23.6 Å². The third-order valence-corrected chi connectivity index (χ3v) is 26.1. The van der Waals surface area contributed by atoms with E-state index in [9.17, 15) is 23.6 Å². The molecule has 5 aliphatic heterocycles. The molecule has 5 fully saturated rings. The van der Waals surface area contributed by atoms with Gasteiger partial charge in [0, 0.05) is 293 Å². The predicted molar refractivity (Wildman–Crippen MR) is 557 cm³/mol. The number of aromatic nitrogens is 14. The normalized spacial score (nSPS) is 15.1. The molecule has 4 aromatic carbocycles. The van der Waals surface area contributed by atoms with Crippen molar-refractivity contribution in [1.82, 2.24) is 119 Å². The highest BCUT2D eigenvalue weighted by Gasteiger charge is 2.32. The smallest absolute Gasteiger partial charge is 0.257 e. The van der Waals surface area contributed by atoms with Crippen LogP contribution < -0.4 is 0 Å². The molecular formula is C113H129FN24O4. The number of unbranched alkanes of at least 4 members (excludes halogenated alkanes) is 1. The van der Waals surface area contributed by atoms with Crippen LogP contribution in [0.15, 0.2) is 263 Å². The first-order chi connectivity index (χ1) is 69.2. The maximum atomic E-state index is 13.4. The Balaban J connectivity index is 0.000000134. The Morgan fingerprint density at radius 1 is 0.324 bits per heavy atom. The minimum absolute atomic E-state index is 0.0102. The summed E-state index contributed by atoms with van der Waals surface area (Å²) in [5, 5.41) is 0. The zero-order chi connectivity index (χ0) is 99.2. The Morgan fingerprint density at radius 2 is 0.669 bits per heavy atom. The van der Waals surface area contributed by atoms with Crippen molar-refractivity contribution >= 4 is 23.6 Å². The molecule has 0 aliphatic carbocycles. The van der Waals surface area contributed by atoms with E-state index in [-0.39, 0.29) is 29.4 Å². The van der Waals surface area contributed by atoms with Gasteiger partial charge < -0.3 is 29.4 Å². The number of amides is 4. The summed E-state index contributed by atoms with van der Waals surface area (Å²) in [5.74, 6) is 2.58. The second-order valence-corrected chi connectivity index (χ2v) is 37.2. The van der Waals surface area contributed by atoms with E-state index in [1.807, 2.05) is 168 Å². The van der Waals surface area contributed by atoms with Crippen LogP contribution in [0.2, 0.25) is 0 Å². The average Bonchev–Trinajstić information content (AvgIpc) is 0.771.